The number of nitrogens with zero attached hydrogens (tertiary/aromatic N) is 1. The van der Waals surface area contributed by atoms with Gasteiger partial charge in [-0.25, -0.2) is 9.78 Å². The fourth-order valence-electron chi connectivity index (χ4n) is 3.86. The van der Waals surface area contributed by atoms with Crippen molar-refractivity contribution in [1.82, 2.24) is 10.3 Å². The number of pyridine rings is 1. The molecule has 2 aliphatic carbocycles. The Morgan fingerprint density at radius 1 is 1.12 bits per heavy atom. The van der Waals surface area contributed by atoms with Crippen molar-refractivity contribution in [3.05, 3.63) is 59.8 Å². The third-order valence-electron chi connectivity index (χ3n) is 5.78. The largest absolute Gasteiger partial charge is 0.477 e. The molecule has 2 aromatic rings. The van der Waals surface area contributed by atoms with E-state index in [1.807, 2.05) is 6.07 Å². The van der Waals surface area contributed by atoms with Crippen molar-refractivity contribution < 1.29 is 9.90 Å². The molecular weight excluding hydrogens is 326 g/mol. The van der Waals surface area contributed by atoms with Gasteiger partial charge in [0.15, 0.2) is 5.69 Å². The molecule has 1 unspecified atom stereocenters. The number of carboxylic acid groups (broad SMARTS) is 1. The normalized spacial score (nSPS) is 23.1. The Hall–Kier alpha value is -2.40. The predicted octanol–water partition coefficient (Wildman–Crippen LogP) is 3.51. The summed E-state index contributed by atoms with van der Waals surface area (Å²) < 4.78 is 0. The lowest BCUT2D eigenvalue weighted by Gasteiger charge is -2.42. The highest BCUT2D eigenvalue weighted by molar-refractivity contribution is 5.85. The first kappa shape index (κ1) is 17.0. The van der Waals surface area contributed by atoms with E-state index in [2.05, 4.69) is 45.9 Å². The van der Waals surface area contributed by atoms with Crippen LogP contribution in [0, 0.1) is 5.41 Å². The maximum absolute atomic E-state index is 11.1. The van der Waals surface area contributed by atoms with Crippen LogP contribution in [0.2, 0.25) is 0 Å². The molecule has 0 aliphatic heterocycles. The Labute approximate surface area is 153 Å². The van der Waals surface area contributed by atoms with E-state index in [1.54, 1.807) is 6.07 Å². The monoisotopic (exact) mass is 351 g/mol. The standard InChI is InChI=1S/C21H25N3O2/c25-20(26)17-8-4-9-19(24-17)23-14-21(10-5-11-21)13-22-18-12-16(18)15-6-2-1-3-7-15/h1-4,6-9,16,18,22H,5,10-14H2,(H,23,24)(H,25,26)/t16?,18-/m0/s1. The molecule has 26 heavy (non-hydrogen) atoms. The molecule has 2 atom stereocenters. The fourth-order valence-corrected chi connectivity index (χ4v) is 3.86. The van der Waals surface area contributed by atoms with Crippen LogP contribution in [0.4, 0.5) is 5.82 Å². The minimum absolute atomic E-state index is 0.0828. The van der Waals surface area contributed by atoms with Gasteiger partial charge in [-0.15, -0.1) is 0 Å². The minimum Gasteiger partial charge on any atom is -0.477 e. The van der Waals surface area contributed by atoms with Crippen LogP contribution in [0.3, 0.4) is 0 Å². The van der Waals surface area contributed by atoms with Gasteiger partial charge in [0.1, 0.15) is 5.82 Å². The zero-order valence-corrected chi connectivity index (χ0v) is 14.8. The molecule has 0 bridgehead atoms. The van der Waals surface area contributed by atoms with Crippen LogP contribution in [0.5, 0.6) is 0 Å². The molecule has 2 fully saturated rings. The lowest BCUT2D eigenvalue weighted by molar-refractivity contribution is 0.0690. The van der Waals surface area contributed by atoms with Gasteiger partial charge in [0, 0.05) is 30.5 Å². The number of carbonyl (C=O) groups is 1. The third kappa shape index (κ3) is 3.73. The van der Waals surface area contributed by atoms with Gasteiger partial charge in [-0.3, -0.25) is 0 Å². The highest BCUT2D eigenvalue weighted by Crippen LogP contribution is 2.44. The van der Waals surface area contributed by atoms with Crippen molar-refractivity contribution in [1.29, 1.82) is 0 Å². The second-order valence-corrected chi connectivity index (χ2v) is 7.66. The fraction of sp³-hybridized carbons (Fsp3) is 0.429. The molecule has 1 aromatic heterocycles. The number of hydrogen-bond acceptors (Lipinski definition) is 4. The summed E-state index contributed by atoms with van der Waals surface area (Å²) in [5.74, 6) is 0.300. The van der Waals surface area contributed by atoms with Crippen LogP contribution in [-0.4, -0.2) is 35.2 Å². The molecule has 0 radical (unpaired) electrons. The van der Waals surface area contributed by atoms with Gasteiger partial charge in [-0.1, -0.05) is 42.8 Å². The lowest BCUT2D eigenvalue weighted by atomic mass is 9.68. The summed E-state index contributed by atoms with van der Waals surface area (Å²) in [7, 11) is 0. The number of aromatic nitrogens is 1. The van der Waals surface area contributed by atoms with Gasteiger partial charge in [0.05, 0.1) is 0 Å². The van der Waals surface area contributed by atoms with Gasteiger partial charge in [-0.05, 0) is 37.0 Å². The molecule has 2 saturated carbocycles. The summed E-state index contributed by atoms with van der Waals surface area (Å²) in [6.45, 7) is 1.84. The summed E-state index contributed by atoms with van der Waals surface area (Å²) in [6.07, 6.45) is 4.89. The van der Waals surface area contributed by atoms with Crippen LogP contribution in [-0.2, 0) is 0 Å². The van der Waals surface area contributed by atoms with Crippen LogP contribution in [0.15, 0.2) is 48.5 Å². The summed E-state index contributed by atoms with van der Waals surface area (Å²) in [4.78, 5) is 15.2. The van der Waals surface area contributed by atoms with Gasteiger partial charge >= 0.3 is 5.97 Å². The Balaban J connectivity index is 1.30. The number of rotatable bonds is 8. The maximum Gasteiger partial charge on any atom is 0.354 e. The van der Waals surface area contributed by atoms with Crippen LogP contribution >= 0.6 is 0 Å². The average molecular weight is 351 g/mol. The van der Waals surface area contributed by atoms with Crippen LogP contribution in [0.25, 0.3) is 0 Å². The van der Waals surface area contributed by atoms with E-state index in [-0.39, 0.29) is 11.1 Å². The van der Waals surface area contributed by atoms with Gasteiger partial charge < -0.3 is 15.7 Å². The second-order valence-electron chi connectivity index (χ2n) is 7.66. The van der Waals surface area contributed by atoms with Gasteiger partial charge in [0.25, 0.3) is 0 Å². The van der Waals surface area contributed by atoms with Crippen molar-refractivity contribution in [2.75, 3.05) is 18.4 Å². The Morgan fingerprint density at radius 3 is 2.62 bits per heavy atom. The number of anilines is 1. The number of nitrogens with one attached hydrogen (secondary N) is 2. The summed E-state index contributed by atoms with van der Waals surface area (Å²) in [5.41, 5.74) is 1.77. The quantitative estimate of drug-likeness (QED) is 0.679. The van der Waals surface area contributed by atoms with E-state index in [1.165, 1.54) is 37.3 Å². The summed E-state index contributed by atoms with van der Waals surface area (Å²) in [5, 5.41) is 16.2. The molecular formula is C21H25N3O2. The van der Waals surface area contributed by atoms with Crippen molar-refractivity contribution in [3.63, 3.8) is 0 Å². The zero-order valence-electron chi connectivity index (χ0n) is 14.8. The molecule has 1 heterocycles. The second kappa shape index (κ2) is 7.08. The van der Waals surface area contributed by atoms with Crippen molar-refractivity contribution >= 4 is 11.8 Å². The average Bonchev–Trinajstić information content (AvgIpc) is 3.41. The van der Waals surface area contributed by atoms with Gasteiger partial charge in [-0.2, -0.15) is 0 Å². The highest BCUT2D eigenvalue weighted by atomic mass is 16.4. The van der Waals surface area contributed by atoms with E-state index in [0.29, 0.717) is 17.8 Å². The first-order valence-corrected chi connectivity index (χ1v) is 9.38. The molecule has 136 valence electrons. The SMILES string of the molecule is O=C(O)c1cccc(NCC2(CN[C@H]3CC3c3ccccc3)CCC2)n1. The number of aromatic carboxylic acids is 1. The van der Waals surface area contributed by atoms with Crippen molar-refractivity contribution in [2.24, 2.45) is 5.41 Å². The number of hydrogen-bond donors (Lipinski definition) is 3. The van der Waals surface area contributed by atoms with Crippen molar-refractivity contribution in [3.8, 4) is 0 Å². The first-order chi connectivity index (χ1) is 12.7. The first-order valence-electron chi connectivity index (χ1n) is 9.38. The van der Waals surface area contributed by atoms with E-state index < -0.39 is 5.97 Å². The molecule has 0 amide bonds. The third-order valence-corrected chi connectivity index (χ3v) is 5.78. The van der Waals surface area contributed by atoms with E-state index in [9.17, 15) is 4.79 Å². The molecule has 0 saturated heterocycles. The Bertz CT molecular complexity index is 774. The molecule has 5 nitrogen and oxygen atoms in total. The molecule has 5 heteroatoms. The molecule has 4 rings (SSSR count). The van der Waals surface area contributed by atoms with E-state index >= 15 is 0 Å². The van der Waals surface area contributed by atoms with E-state index in [0.717, 1.165) is 13.1 Å². The van der Waals surface area contributed by atoms with E-state index in [4.69, 9.17) is 5.11 Å². The molecule has 1 aromatic carbocycles. The summed E-state index contributed by atoms with van der Waals surface area (Å²) >= 11 is 0. The van der Waals surface area contributed by atoms with Gasteiger partial charge in [0.2, 0.25) is 0 Å². The predicted molar refractivity (Wildman–Crippen MR) is 102 cm³/mol. The Morgan fingerprint density at radius 2 is 1.92 bits per heavy atom. The highest BCUT2D eigenvalue weighted by Gasteiger charge is 2.42. The topological polar surface area (TPSA) is 74.2 Å². The number of carboxylic acids is 1. The van der Waals surface area contributed by atoms with Crippen LogP contribution < -0.4 is 10.6 Å². The maximum atomic E-state index is 11.1. The van der Waals surface area contributed by atoms with Crippen molar-refractivity contribution in [2.45, 2.75) is 37.6 Å². The lowest BCUT2D eigenvalue weighted by Crippen LogP contribution is -2.45. The molecule has 3 N–H and O–H groups in total. The number of benzene rings is 1. The molecule has 2 aliphatic rings. The summed E-state index contributed by atoms with van der Waals surface area (Å²) in [6, 6.07) is 16.4. The minimum atomic E-state index is -0.991. The smallest absolute Gasteiger partial charge is 0.354 e. The molecule has 0 spiro atoms. The van der Waals surface area contributed by atoms with Crippen LogP contribution in [0.1, 0.15) is 47.7 Å². The Kier molecular flexibility index (Phi) is 4.64. The zero-order chi connectivity index (χ0) is 18.0.